The Morgan fingerprint density at radius 3 is 1.17 bits per heavy atom. The molecule has 0 aromatic carbocycles. The third kappa shape index (κ3) is 46.4. The Morgan fingerprint density at radius 2 is 0.750 bits per heavy atom. The molecular weight excluding hydrogens is 735 g/mol. The predicted octanol–water partition coefficient (Wildman–Crippen LogP) is 16.6. The van der Waals surface area contributed by atoms with Gasteiger partial charge in [0.2, 0.25) is 5.91 Å². The lowest BCUT2D eigenvalue weighted by atomic mass is 10.0. The third-order valence-corrected chi connectivity index (χ3v) is 11.1. The number of carbonyl (C=O) groups excluding carboxylic acids is 1. The average Bonchev–Trinajstić information content (AvgIpc) is 3.25. The van der Waals surface area contributed by atoms with Gasteiger partial charge < -0.3 is 15.5 Å². The van der Waals surface area contributed by atoms with E-state index in [0.29, 0.717) is 6.42 Å². The van der Waals surface area contributed by atoms with E-state index in [2.05, 4.69) is 104 Å². The number of hydrogen-bond acceptors (Lipinski definition) is 3. The Kier molecular flexibility index (Phi) is 48.4. The largest absolute Gasteiger partial charge is 0.394 e. The number of carbonyl (C=O) groups is 1. The minimum Gasteiger partial charge on any atom is -0.394 e. The van der Waals surface area contributed by atoms with Crippen molar-refractivity contribution in [2.45, 2.75) is 244 Å². The van der Waals surface area contributed by atoms with E-state index in [9.17, 15) is 15.0 Å². The van der Waals surface area contributed by atoms with Gasteiger partial charge in [-0.05, 0) is 83.5 Å². The number of unbranched alkanes of at least 4 members (excludes halogenated alkanes) is 24. The molecule has 0 aliphatic carbocycles. The molecule has 1 amide bonds. The number of allylic oxidation sites excluding steroid dienone is 15. The number of aliphatic hydroxyl groups excluding tert-OH is 2. The van der Waals surface area contributed by atoms with Crippen LogP contribution >= 0.6 is 0 Å². The highest BCUT2D eigenvalue weighted by molar-refractivity contribution is 5.76. The molecule has 60 heavy (non-hydrogen) atoms. The van der Waals surface area contributed by atoms with E-state index in [4.69, 9.17) is 0 Å². The molecule has 0 spiro atoms. The van der Waals surface area contributed by atoms with Crippen molar-refractivity contribution in [2.75, 3.05) is 6.61 Å². The number of nitrogens with one attached hydrogen (secondary N) is 1. The Balaban J connectivity index is 3.66. The lowest BCUT2D eigenvalue weighted by Crippen LogP contribution is -2.45. The van der Waals surface area contributed by atoms with Crippen molar-refractivity contribution in [3.8, 4) is 0 Å². The van der Waals surface area contributed by atoms with Crippen LogP contribution in [0.3, 0.4) is 0 Å². The van der Waals surface area contributed by atoms with Gasteiger partial charge in [0.15, 0.2) is 0 Å². The SMILES string of the molecule is CC/C=C\C/C=C\C/C=C\C/C=C\C/C=C\C/C=C\CCCCCCC(=O)NC(CO)C(O)/C=C/CC/C=C/CCCCCCCCCCCCCCCCCCCCC. The van der Waals surface area contributed by atoms with Crippen molar-refractivity contribution in [3.63, 3.8) is 0 Å². The van der Waals surface area contributed by atoms with Crippen LogP contribution in [0.1, 0.15) is 232 Å². The van der Waals surface area contributed by atoms with Gasteiger partial charge in [-0.2, -0.15) is 0 Å². The molecule has 0 fully saturated rings. The van der Waals surface area contributed by atoms with Crippen molar-refractivity contribution in [1.29, 1.82) is 0 Å². The quantitative estimate of drug-likeness (QED) is 0.0423. The van der Waals surface area contributed by atoms with Crippen LogP contribution in [0.25, 0.3) is 0 Å². The molecule has 2 atom stereocenters. The molecule has 0 heterocycles. The molecule has 0 bridgehead atoms. The summed E-state index contributed by atoms with van der Waals surface area (Å²) in [4.78, 5) is 12.4. The molecule has 344 valence electrons. The summed E-state index contributed by atoms with van der Waals surface area (Å²) in [5.74, 6) is -0.101. The molecule has 4 nitrogen and oxygen atoms in total. The average molecular weight is 832 g/mol. The summed E-state index contributed by atoms with van der Waals surface area (Å²) in [6.07, 6.45) is 75.4. The Bertz CT molecular complexity index is 1130. The van der Waals surface area contributed by atoms with Gasteiger partial charge in [0.25, 0.3) is 0 Å². The van der Waals surface area contributed by atoms with Crippen LogP contribution in [0, 0.1) is 0 Å². The zero-order valence-corrected chi connectivity index (χ0v) is 39.4. The molecule has 0 aromatic heterocycles. The van der Waals surface area contributed by atoms with Crippen molar-refractivity contribution >= 4 is 5.91 Å². The summed E-state index contributed by atoms with van der Waals surface area (Å²) in [7, 11) is 0. The highest BCUT2D eigenvalue weighted by Gasteiger charge is 2.17. The van der Waals surface area contributed by atoms with E-state index in [1.165, 1.54) is 122 Å². The van der Waals surface area contributed by atoms with Crippen molar-refractivity contribution in [1.82, 2.24) is 5.32 Å². The number of rotatable bonds is 45. The van der Waals surface area contributed by atoms with Crippen molar-refractivity contribution in [3.05, 3.63) is 97.2 Å². The van der Waals surface area contributed by atoms with E-state index in [1.807, 2.05) is 6.08 Å². The van der Waals surface area contributed by atoms with Crippen molar-refractivity contribution in [2.24, 2.45) is 0 Å². The first-order chi connectivity index (χ1) is 29.7. The monoisotopic (exact) mass is 832 g/mol. The molecule has 0 saturated heterocycles. The van der Waals surface area contributed by atoms with E-state index in [1.54, 1.807) is 6.08 Å². The highest BCUT2D eigenvalue weighted by Crippen LogP contribution is 2.15. The van der Waals surface area contributed by atoms with Crippen LogP contribution in [0.4, 0.5) is 0 Å². The maximum absolute atomic E-state index is 12.4. The molecule has 0 rings (SSSR count). The van der Waals surface area contributed by atoms with Gasteiger partial charge in [0.05, 0.1) is 18.8 Å². The second-order valence-corrected chi connectivity index (χ2v) is 16.8. The van der Waals surface area contributed by atoms with Crippen LogP contribution < -0.4 is 5.32 Å². The smallest absolute Gasteiger partial charge is 0.220 e. The maximum atomic E-state index is 12.4. The van der Waals surface area contributed by atoms with Crippen LogP contribution in [0.5, 0.6) is 0 Å². The normalized spacial score (nSPS) is 13.7. The minimum absolute atomic E-state index is 0.101. The molecule has 0 aromatic rings. The fourth-order valence-corrected chi connectivity index (χ4v) is 7.20. The van der Waals surface area contributed by atoms with E-state index in [0.717, 1.165) is 89.9 Å². The van der Waals surface area contributed by atoms with Gasteiger partial charge in [-0.15, -0.1) is 0 Å². The summed E-state index contributed by atoms with van der Waals surface area (Å²) in [6.45, 7) is 4.18. The summed E-state index contributed by atoms with van der Waals surface area (Å²) < 4.78 is 0. The highest BCUT2D eigenvalue weighted by atomic mass is 16.3. The Labute approximate surface area is 373 Å². The van der Waals surface area contributed by atoms with E-state index in [-0.39, 0.29) is 12.5 Å². The predicted molar refractivity (Wildman–Crippen MR) is 266 cm³/mol. The summed E-state index contributed by atoms with van der Waals surface area (Å²) in [5, 5.41) is 23.1. The molecule has 0 aliphatic heterocycles. The second-order valence-electron chi connectivity index (χ2n) is 16.8. The van der Waals surface area contributed by atoms with Crippen LogP contribution in [-0.2, 0) is 4.79 Å². The molecule has 3 N–H and O–H groups in total. The fourth-order valence-electron chi connectivity index (χ4n) is 7.20. The number of hydrogen-bond donors (Lipinski definition) is 3. The lowest BCUT2D eigenvalue weighted by molar-refractivity contribution is -0.123. The lowest BCUT2D eigenvalue weighted by Gasteiger charge is -2.19. The van der Waals surface area contributed by atoms with Gasteiger partial charge in [-0.1, -0.05) is 239 Å². The fraction of sp³-hybridized carbons (Fsp3) is 0.696. The second kappa shape index (κ2) is 50.7. The van der Waals surface area contributed by atoms with E-state index >= 15 is 0 Å². The molecule has 2 unspecified atom stereocenters. The summed E-state index contributed by atoms with van der Waals surface area (Å²) >= 11 is 0. The zero-order chi connectivity index (χ0) is 43.5. The maximum Gasteiger partial charge on any atom is 0.220 e. The van der Waals surface area contributed by atoms with Crippen LogP contribution in [-0.4, -0.2) is 34.9 Å². The number of amides is 1. The first-order valence-corrected chi connectivity index (χ1v) is 25.5. The Morgan fingerprint density at radius 1 is 0.417 bits per heavy atom. The number of aliphatic hydroxyl groups is 2. The molecule has 0 radical (unpaired) electrons. The summed E-state index contributed by atoms with van der Waals surface area (Å²) in [5.41, 5.74) is 0. The summed E-state index contributed by atoms with van der Waals surface area (Å²) in [6, 6.07) is -0.660. The molecule has 4 heteroatoms. The van der Waals surface area contributed by atoms with Crippen LogP contribution in [0.15, 0.2) is 97.2 Å². The van der Waals surface area contributed by atoms with Gasteiger partial charge >= 0.3 is 0 Å². The van der Waals surface area contributed by atoms with Crippen molar-refractivity contribution < 1.29 is 15.0 Å². The standard InChI is InChI=1S/C56H97NO3/c1-3-5-7-9-11-13-15-17-19-21-23-25-27-28-30-31-33-35-37-39-41-43-45-47-49-51-55(59)54(53-58)57-56(60)52-50-48-46-44-42-40-38-36-34-32-29-26-24-22-20-18-16-14-12-10-8-6-4-2/h6,8,12,14,18,20,24,26,32,34,38,40-41,43,49,51,54-55,58-59H,3-5,7,9-11,13,15-17,19,21-23,25,27-31,33,35-37,39,42,44-48,50,52-53H2,1-2H3,(H,57,60)/b8-6-,14-12-,20-18-,26-24-,34-32-,40-38-,43-41+,51-49+. The third-order valence-electron chi connectivity index (χ3n) is 11.1. The first-order valence-electron chi connectivity index (χ1n) is 25.5. The molecule has 0 aliphatic rings. The van der Waals surface area contributed by atoms with Gasteiger partial charge in [-0.3, -0.25) is 4.79 Å². The first kappa shape index (κ1) is 57.3. The Hall–Kier alpha value is -2.69. The zero-order valence-electron chi connectivity index (χ0n) is 39.4. The van der Waals surface area contributed by atoms with Gasteiger partial charge in [-0.25, -0.2) is 0 Å². The van der Waals surface area contributed by atoms with Gasteiger partial charge in [0, 0.05) is 6.42 Å². The van der Waals surface area contributed by atoms with Gasteiger partial charge in [0.1, 0.15) is 0 Å². The topological polar surface area (TPSA) is 69.6 Å². The molecule has 0 saturated carbocycles. The molecular formula is C56H97NO3. The minimum atomic E-state index is -0.881. The van der Waals surface area contributed by atoms with E-state index < -0.39 is 12.1 Å². The van der Waals surface area contributed by atoms with Crippen LogP contribution in [0.2, 0.25) is 0 Å².